The number of pyridine rings is 2. The molecule has 0 amide bonds. The molecule has 0 unspecified atom stereocenters. The van der Waals surface area contributed by atoms with E-state index in [4.69, 9.17) is 9.72 Å². The van der Waals surface area contributed by atoms with Crippen LogP contribution in [-0.2, 0) is 0 Å². The average molecular weight is 405 g/mol. The van der Waals surface area contributed by atoms with E-state index in [0.717, 1.165) is 54.2 Å². The van der Waals surface area contributed by atoms with Gasteiger partial charge in [0.2, 0.25) is 0 Å². The van der Waals surface area contributed by atoms with Crippen molar-refractivity contribution in [3.8, 4) is 5.75 Å². The molecule has 0 spiro atoms. The van der Waals surface area contributed by atoms with E-state index in [1.807, 2.05) is 18.2 Å². The van der Waals surface area contributed by atoms with Crippen molar-refractivity contribution in [2.75, 3.05) is 45.7 Å². The van der Waals surface area contributed by atoms with Crippen LogP contribution >= 0.6 is 0 Å². The molecule has 1 fully saturated rings. The third-order valence-electron chi connectivity index (χ3n) is 6.56. The zero-order chi connectivity index (χ0) is 20.8. The van der Waals surface area contributed by atoms with Gasteiger partial charge >= 0.3 is 0 Å². The lowest BCUT2D eigenvalue weighted by Gasteiger charge is -2.48. The van der Waals surface area contributed by atoms with Crippen molar-refractivity contribution >= 4 is 16.7 Å². The first-order valence-electron chi connectivity index (χ1n) is 10.6. The summed E-state index contributed by atoms with van der Waals surface area (Å²) < 4.78 is 7.60. The van der Waals surface area contributed by atoms with Gasteiger partial charge in [0, 0.05) is 42.7 Å². The van der Waals surface area contributed by atoms with Gasteiger partial charge in [0.1, 0.15) is 17.1 Å². The maximum atomic E-state index is 12.8. The van der Waals surface area contributed by atoms with Gasteiger partial charge in [-0.25, -0.2) is 4.98 Å². The van der Waals surface area contributed by atoms with E-state index >= 15 is 0 Å². The summed E-state index contributed by atoms with van der Waals surface area (Å²) in [4.78, 5) is 22.3. The minimum Gasteiger partial charge on any atom is -0.494 e. The second-order valence-corrected chi connectivity index (χ2v) is 8.79. The molecule has 5 rings (SSSR count). The molecule has 1 aromatic carbocycles. The molecular weight excluding hydrogens is 376 g/mol. The molecule has 6 heteroatoms. The summed E-state index contributed by atoms with van der Waals surface area (Å²) in [5, 5.41) is 1.08. The number of nitrogens with zero attached hydrogens (tertiary/aromatic N) is 4. The Labute approximate surface area is 176 Å². The van der Waals surface area contributed by atoms with E-state index in [1.165, 1.54) is 0 Å². The molecule has 30 heavy (non-hydrogen) atoms. The third-order valence-corrected chi connectivity index (χ3v) is 6.56. The van der Waals surface area contributed by atoms with Crippen molar-refractivity contribution in [3.05, 3.63) is 64.6 Å². The number of ether oxygens (including phenoxy) is 1. The quantitative estimate of drug-likeness (QED) is 0.669. The largest absolute Gasteiger partial charge is 0.494 e. The van der Waals surface area contributed by atoms with Crippen molar-refractivity contribution in [2.45, 2.75) is 18.4 Å². The molecule has 2 bridgehead atoms. The SMILES string of the molecule is COc1cccc2ccc(N3C[C@H]4C[C@@H](C3)[C@H](CN(C)C)n3c4cccc3=O)nc12. The monoisotopic (exact) mass is 404 g/mol. The lowest BCUT2D eigenvalue weighted by atomic mass is 9.78. The summed E-state index contributed by atoms with van der Waals surface area (Å²) in [6, 6.07) is 16.2. The van der Waals surface area contributed by atoms with E-state index in [-0.39, 0.29) is 11.6 Å². The van der Waals surface area contributed by atoms with Crippen molar-refractivity contribution < 1.29 is 4.74 Å². The van der Waals surface area contributed by atoms with E-state index in [0.29, 0.717) is 11.8 Å². The molecule has 0 radical (unpaired) electrons. The summed E-state index contributed by atoms with van der Waals surface area (Å²) in [6.45, 7) is 2.65. The van der Waals surface area contributed by atoms with E-state index in [2.05, 4.69) is 52.7 Å². The van der Waals surface area contributed by atoms with Crippen LogP contribution in [0.2, 0.25) is 0 Å². The van der Waals surface area contributed by atoms with Crippen LogP contribution in [0.5, 0.6) is 5.75 Å². The fourth-order valence-electron chi connectivity index (χ4n) is 5.29. The Balaban J connectivity index is 1.55. The highest BCUT2D eigenvalue weighted by molar-refractivity contribution is 5.86. The van der Waals surface area contributed by atoms with Crippen molar-refractivity contribution in [1.82, 2.24) is 14.5 Å². The van der Waals surface area contributed by atoms with Gasteiger partial charge in [0.25, 0.3) is 5.56 Å². The molecule has 3 aromatic rings. The molecule has 0 aliphatic carbocycles. The van der Waals surface area contributed by atoms with Gasteiger partial charge in [-0.3, -0.25) is 4.79 Å². The van der Waals surface area contributed by atoms with Gasteiger partial charge in [-0.2, -0.15) is 0 Å². The Hall–Kier alpha value is -2.86. The molecule has 1 saturated heterocycles. The van der Waals surface area contributed by atoms with E-state index < -0.39 is 0 Å². The number of likely N-dealkylation sites (N-methyl/N-ethyl adjacent to an activating group) is 1. The number of hydrogen-bond donors (Lipinski definition) is 0. The Morgan fingerprint density at radius 1 is 1.10 bits per heavy atom. The summed E-state index contributed by atoms with van der Waals surface area (Å²) in [6.07, 6.45) is 1.12. The number of fused-ring (bicyclic) bond motifs is 5. The molecule has 2 aliphatic heterocycles. The van der Waals surface area contributed by atoms with E-state index in [1.54, 1.807) is 13.2 Å². The van der Waals surface area contributed by atoms with Crippen LogP contribution in [0.15, 0.2) is 53.3 Å². The fraction of sp³-hybridized carbons (Fsp3) is 0.417. The molecule has 4 heterocycles. The highest BCUT2D eigenvalue weighted by Crippen LogP contribution is 2.42. The van der Waals surface area contributed by atoms with Gasteiger partial charge in [-0.15, -0.1) is 0 Å². The number of benzene rings is 1. The third kappa shape index (κ3) is 3.16. The molecule has 3 atom stereocenters. The minimum atomic E-state index is 0.121. The smallest absolute Gasteiger partial charge is 0.251 e. The van der Waals surface area contributed by atoms with E-state index in [9.17, 15) is 4.79 Å². The predicted octanol–water partition coefficient (Wildman–Crippen LogP) is 3.13. The van der Waals surface area contributed by atoms with Crippen LogP contribution in [0.1, 0.15) is 24.1 Å². The topological polar surface area (TPSA) is 50.6 Å². The van der Waals surface area contributed by atoms with Crippen LogP contribution in [0.4, 0.5) is 5.82 Å². The highest BCUT2D eigenvalue weighted by Gasteiger charge is 2.41. The van der Waals surface area contributed by atoms with Gasteiger partial charge in [0.05, 0.1) is 13.2 Å². The Morgan fingerprint density at radius 2 is 1.93 bits per heavy atom. The molecule has 2 aromatic heterocycles. The number of rotatable bonds is 4. The standard InChI is InChI=1S/C24H28N4O2/c1-26(2)15-20-18-12-17(19-7-5-9-23(29)28(19)20)13-27(14-18)22-11-10-16-6-4-8-21(30-3)24(16)25-22/h4-11,17-18,20H,12-15H2,1-3H3/t17-,18+,20+/m1/s1. The van der Waals surface area contributed by atoms with Crippen LogP contribution in [0.25, 0.3) is 10.9 Å². The fourth-order valence-corrected chi connectivity index (χ4v) is 5.29. The van der Waals surface area contributed by atoms with Crippen LogP contribution in [-0.4, -0.2) is 55.3 Å². The lowest BCUT2D eigenvalue weighted by Crippen LogP contribution is -2.51. The van der Waals surface area contributed by atoms with Crippen LogP contribution in [0, 0.1) is 5.92 Å². The summed E-state index contributed by atoms with van der Waals surface area (Å²) in [7, 11) is 5.85. The Morgan fingerprint density at radius 3 is 2.73 bits per heavy atom. The van der Waals surface area contributed by atoms with Crippen molar-refractivity contribution in [3.63, 3.8) is 0 Å². The number of hydrogen-bond acceptors (Lipinski definition) is 5. The first-order valence-corrected chi connectivity index (χ1v) is 10.6. The lowest BCUT2D eigenvalue weighted by molar-refractivity contribution is 0.174. The highest BCUT2D eigenvalue weighted by atomic mass is 16.5. The van der Waals surface area contributed by atoms with Gasteiger partial charge in [-0.05, 0) is 50.7 Å². The maximum Gasteiger partial charge on any atom is 0.251 e. The number of aromatic nitrogens is 2. The van der Waals surface area contributed by atoms with Gasteiger partial charge in [-0.1, -0.05) is 18.2 Å². The molecule has 6 nitrogen and oxygen atoms in total. The predicted molar refractivity (Wildman–Crippen MR) is 120 cm³/mol. The number of methoxy groups -OCH3 is 1. The normalized spacial score (nSPS) is 22.9. The van der Waals surface area contributed by atoms with Gasteiger partial charge in [0.15, 0.2) is 0 Å². The van der Waals surface area contributed by atoms with Crippen molar-refractivity contribution in [1.29, 1.82) is 0 Å². The van der Waals surface area contributed by atoms with Crippen LogP contribution < -0.4 is 15.2 Å². The Kier molecular flexibility index (Phi) is 4.74. The minimum absolute atomic E-state index is 0.121. The molecule has 0 saturated carbocycles. The number of piperidine rings is 1. The first-order chi connectivity index (χ1) is 14.5. The second-order valence-electron chi connectivity index (χ2n) is 8.79. The molecule has 2 aliphatic rings. The second kappa shape index (κ2) is 7.43. The summed E-state index contributed by atoms with van der Waals surface area (Å²) >= 11 is 0. The zero-order valence-electron chi connectivity index (χ0n) is 17.8. The average Bonchev–Trinajstić information content (AvgIpc) is 2.75. The van der Waals surface area contributed by atoms with Gasteiger partial charge < -0.3 is 19.1 Å². The first kappa shape index (κ1) is 19.1. The van der Waals surface area contributed by atoms with Crippen molar-refractivity contribution in [2.24, 2.45) is 5.92 Å². The maximum absolute atomic E-state index is 12.8. The molecular formula is C24H28N4O2. The number of para-hydroxylation sites is 1. The Bertz CT molecular complexity index is 1140. The molecule has 0 N–H and O–H groups in total. The molecule has 156 valence electrons. The summed E-state index contributed by atoms with van der Waals surface area (Å²) in [5.41, 5.74) is 2.18. The summed E-state index contributed by atoms with van der Waals surface area (Å²) in [5.74, 6) is 2.53. The number of anilines is 1. The zero-order valence-corrected chi connectivity index (χ0v) is 17.8. The van der Waals surface area contributed by atoms with Crippen LogP contribution in [0.3, 0.4) is 0 Å².